The first-order valence-corrected chi connectivity index (χ1v) is 8.20. The van der Waals surface area contributed by atoms with E-state index in [4.69, 9.17) is 0 Å². The van der Waals surface area contributed by atoms with Gasteiger partial charge in [-0.05, 0) is 46.9 Å². The van der Waals surface area contributed by atoms with Crippen molar-refractivity contribution in [2.24, 2.45) is 0 Å². The maximum absolute atomic E-state index is 12.3. The van der Waals surface area contributed by atoms with E-state index in [1.54, 1.807) is 0 Å². The summed E-state index contributed by atoms with van der Waals surface area (Å²) in [6.45, 7) is 9.02. The SMILES string of the molecule is CC1(C)CCC(C)(C)c2cc(NC(=O)c3cn[nH]c(=O)c3)ccc21. The van der Waals surface area contributed by atoms with Gasteiger partial charge in [-0.15, -0.1) is 0 Å². The Morgan fingerprint density at radius 3 is 2.42 bits per heavy atom. The Morgan fingerprint density at radius 1 is 1.08 bits per heavy atom. The monoisotopic (exact) mass is 325 g/mol. The lowest BCUT2D eigenvalue weighted by Crippen LogP contribution is -2.33. The van der Waals surface area contributed by atoms with Crippen LogP contribution in [-0.4, -0.2) is 16.1 Å². The van der Waals surface area contributed by atoms with Crippen LogP contribution in [0.4, 0.5) is 5.69 Å². The van der Waals surface area contributed by atoms with Gasteiger partial charge in [0, 0.05) is 11.8 Å². The van der Waals surface area contributed by atoms with Crippen LogP contribution in [0, 0.1) is 0 Å². The molecule has 0 spiro atoms. The first kappa shape index (κ1) is 16.4. The molecule has 0 saturated heterocycles. The maximum Gasteiger partial charge on any atom is 0.264 e. The molecule has 0 saturated carbocycles. The molecule has 1 aromatic carbocycles. The van der Waals surface area contributed by atoms with E-state index in [0.29, 0.717) is 0 Å². The van der Waals surface area contributed by atoms with Crippen molar-refractivity contribution in [3.63, 3.8) is 0 Å². The second-order valence-electron chi connectivity index (χ2n) is 7.82. The largest absolute Gasteiger partial charge is 0.322 e. The number of benzene rings is 1. The lowest BCUT2D eigenvalue weighted by atomic mass is 9.63. The summed E-state index contributed by atoms with van der Waals surface area (Å²) in [6, 6.07) is 7.35. The molecule has 0 atom stereocenters. The fraction of sp³-hybridized carbons (Fsp3) is 0.421. The van der Waals surface area contributed by atoms with Crippen LogP contribution in [0.1, 0.15) is 62.0 Å². The number of rotatable bonds is 2. The van der Waals surface area contributed by atoms with Crippen molar-refractivity contribution in [2.45, 2.75) is 51.4 Å². The van der Waals surface area contributed by atoms with E-state index in [1.807, 2.05) is 6.07 Å². The molecule has 3 rings (SSSR count). The van der Waals surface area contributed by atoms with Crippen molar-refractivity contribution < 1.29 is 4.79 Å². The number of aromatic nitrogens is 2. The number of fused-ring (bicyclic) bond motifs is 1. The number of carbonyl (C=O) groups excluding carboxylic acids is 1. The molecular weight excluding hydrogens is 302 g/mol. The fourth-order valence-electron chi connectivity index (χ4n) is 3.37. The highest BCUT2D eigenvalue weighted by Crippen LogP contribution is 2.46. The van der Waals surface area contributed by atoms with Gasteiger partial charge in [0.15, 0.2) is 0 Å². The van der Waals surface area contributed by atoms with Crippen LogP contribution in [-0.2, 0) is 10.8 Å². The van der Waals surface area contributed by atoms with Crippen LogP contribution >= 0.6 is 0 Å². The molecular formula is C19H23N3O2. The summed E-state index contributed by atoms with van der Waals surface area (Å²) in [6.07, 6.45) is 3.61. The first-order valence-electron chi connectivity index (χ1n) is 8.20. The molecule has 1 heterocycles. The Morgan fingerprint density at radius 2 is 1.75 bits per heavy atom. The standard InChI is InChI=1S/C19H23N3O2/c1-18(2)7-8-19(3,4)15-10-13(5-6-14(15)18)21-17(24)12-9-16(23)22-20-11-12/h5-6,9-11H,7-8H2,1-4H3,(H,21,24)(H,22,23). The highest BCUT2D eigenvalue weighted by Gasteiger charge is 2.37. The van der Waals surface area contributed by atoms with Crippen LogP contribution < -0.4 is 10.9 Å². The average Bonchev–Trinajstić information content (AvgIpc) is 2.52. The molecule has 24 heavy (non-hydrogen) atoms. The van der Waals surface area contributed by atoms with E-state index in [2.05, 4.69) is 55.3 Å². The van der Waals surface area contributed by atoms with E-state index >= 15 is 0 Å². The van der Waals surface area contributed by atoms with Crippen molar-refractivity contribution in [3.8, 4) is 0 Å². The molecule has 0 fully saturated rings. The van der Waals surface area contributed by atoms with Gasteiger partial charge in [-0.1, -0.05) is 33.8 Å². The van der Waals surface area contributed by atoms with Gasteiger partial charge in [-0.25, -0.2) is 5.10 Å². The zero-order valence-corrected chi connectivity index (χ0v) is 14.6. The molecule has 0 radical (unpaired) electrons. The minimum atomic E-state index is -0.393. The highest BCUT2D eigenvalue weighted by molar-refractivity contribution is 6.04. The zero-order valence-electron chi connectivity index (χ0n) is 14.6. The van der Waals surface area contributed by atoms with Gasteiger partial charge >= 0.3 is 0 Å². The normalized spacial score (nSPS) is 17.8. The van der Waals surface area contributed by atoms with Gasteiger partial charge in [-0.2, -0.15) is 5.10 Å². The Kier molecular flexibility index (Phi) is 3.82. The molecule has 1 aliphatic carbocycles. The Bertz CT molecular complexity index is 850. The lowest BCUT2D eigenvalue weighted by molar-refractivity contribution is 0.102. The van der Waals surface area contributed by atoms with E-state index < -0.39 is 5.56 Å². The number of anilines is 1. The first-order chi connectivity index (χ1) is 11.2. The quantitative estimate of drug-likeness (QED) is 0.889. The molecule has 2 aromatic rings. The van der Waals surface area contributed by atoms with Gasteiger partial charge < -0.3 is 5.32 Å². The number of carbonyl (C=O) groups is 1. The Labute approximate surface area is 141 Å². The number of aromatic amines is 1. The lowest BCUT2D eigenvalue weighted by Gasteiger charge is -2.42. The summed E-state index contributed by atoms with van der Waals surface area (Å²) in [7, 11) is 0. The van der Waals surface area contributed by atoms with E-state index in [1.165, 1.54) is 23.4 Å². The number of nitrogens with one attached hydrogen (secondary N) is 2. The number of H-pyrrole nitrogens is 1. The number of nitrogens with zero attached hydrogens (tertiary/aromatic N) is 1. The van der Waals surface area contributed by atoms with Crippen molar-refractivity contribution in [2.75, 3.05) is 5.32 Å². The van der Waals surface area contributed by atoms with E-state index in [-0.39, 0.29) is 22.3 Å². The average molecular weight is 325 g/mol. The van der Waals surface area contributed by atoms with Gasteiger partial charge in [0.2, 0.25) is 0 Å². The predicted octanol–water partition coefficient (Wildman–Crippen LogP) is 3.37. The number of hydrogen-bond acceptors (Lipinski definition) is 3. The summed E-state index contributed by atoms with van der Waals surface area (Å²) in [4.78, 5) is 23.6. The molecule has 0 aliphatic heterocycles. The molecule has 1 aliphatic rings. The summed E-state index contributed by atoms with van der Waals surface area (Å²) in [5, 5.41) is 8.80. The van der Waals surface area contributed by atoms with Gasteiger partial charge in [-0.3, -0.25) is 9.59 Å². The van der Waals surface area contributed by atoms with Crippen molar-refractivity contribution in [1.82, 2.24) is 10.2 Å². The van der Waals surface area contributed by atoms with Crippen LogP contribution in [0.15, 0.2) is 35.3 Å². The summed E-state index contributed by atoms with van der Waals surface area (Å²) in [5.41, 5.74) is 3.44. The fourth-order valence-corrected chi connectivity index (χ4v) is 3.37. The van der Waals surface area contributed by atoms with Gasteiger partial charge in [0.05, 0.1) is 11.8 Å². The molecule has 2 N–H and O–H groups in total. The Hall–Kier alpha value is -2.43. The third-order valence-corrected chi connectivity index (χ3v) is 5.04. The molecule has 126 valence electrons. The van der Waals surface area contributed by atoms with E-state index in [9.17, 15) is 9.59 Å². The third kappa shape index (κ3) is 2.98. The van der Waals surface area contributed by atoms with Crippen LogP contribution in [0.2, 0.25) is 0 Å². The predicted molar refractivity (Wildman–Crippen MR) is 94.5 cm³/mol. The summed E-state index contributed by atoms with van der Waals surface area (Å²) >= 11 is 0. The van der Waals surface area contributed by atoms with Crippen molar-refractivity contribution in [3.05, 3.63) is 57.5 Å². The van der Waals surface area contributed by atoms with Crippen LogP contribution in [0.3, 0.4) is 0 Å². The van der Waals surface area contributed by atoms with Crippen molar-refractivity contribution in [1.29, 1.82) is 0 Å². The van der Waals surface area contributed by atoms with E-state index in [0.717, 1.165) is 18.5 Å². The molecule has 0 bridgehead atoms. The number of amides is 1. The molecule has 5 heteroatoms. The van der Waals surface area contributed by atoms with Gasteiger partial charge in [0.1, 0.15) is 0 Å². The molecule has 1 amide bonds. The van der Waals surface area contributed by atoms with Crippen molar-refractivity contribution >= 4 is 11.6 Å². The number of hydrogen-bond donors (Lipinski definition) is 2. The molecule has 5 nitrogen and oxygen atoms in total. The second kappa shape index (κ2) is 5.58. The Balaban J connectivity index is 1.94. The molecule has 0 unspecified atom stereocenters. The van der Waals surface area contributed by atoms with Crippen LogP contribution in [0.25, 0.3) is 0 Å². The zero-order chi connectivity index (χ0) is 17.5. The molecule has 1 aromatic heterocycles. The third-order valence-electron chi connectivity index (χ3n) is 5.04. The maximum atomic E-state index is 12.3. The minimum Gasteiger partial charge on any atom is -0.322 e. The highest BCUT2D eigenvalue weighted by atomic mass is 16.2. The van der Waals surface area contributed by atoms with Gasteiger partial charge in [0.25, 0.3) is 11.5 Å². The summed E-state index contributed by atoms with van der Waals surface area (Å²) in [5.74, 6) is -0.332. The minimum absolute atomic E-state index is 0.0804. The smallest absolute Gasteiger partial charge is 0.264 e. The van der Waals surface area contributed by atoms with Crippen LogP contribution in [0.5, 0.6) is 0 Å². The summed E-state index contributed by atoms with van der Waals surface area (Å²) < 4.78 is 0. The topological polar surface area (TPSA) is 74.8 Å². The second-order valence-corrected chi connectivity index (χ2v) is 7.82.